The standard InChI is InChI=1S/C12H17NSi/c1-14(2)10-6-9-13(11-14)12-7-4-3-5-8-12/h3-8,10H,9,11H2,1-2H3. The molecular weight excluding hydrogens is 186 g/mol. The van der Waals surface area contributed by atoms with Gasteiger partial charge in [-0.3, -0.25) is 0 Å². The van der Waals surface area contributed by atoms with Crippen LogP contribution in [0, 0.1) is 0 Å². The van der Waals surface area contributed by atoms with Crippen molar-refractivity contribution in [2.75, 3.05) is 17.6 Å². The average molecular weight is 203 g/mol. The van der Waals surface area contributed by atoms with E-state index in [0.29, 0.717) is 0 Å². The highest BCUT2D eigenvalue weighted by atomic mass is 28.3. The van der Waals surface area contributed by atoms with E-state index in [1.165, 1.54) is 11.9 Å². The fourth-order valence-electron chi connectivity index (χ4n) is 1.94. The zero-order chi connectivity index (χ0) is 10.0. The van der Waals surface area contributed by atoms with Crippen molar-refractivity contribution >= 4 is 13.8 Å². The Morgan fingerprint density at radius 2 is 1.86 bits per heavy atom. The molecule has 74 valence electrons. The zero-order valence-electron chi connectivity index (χ0n) is 8.90. The van der Waals surface area contributed by atoms with E-state index in [2.05, 4.69) is 60.1 Å². The van der Waals surface area contributed by atoms with Gasteiger partial charge in [-0.15, -0.1) is 0 Å². The summed E-state index contributed by atoms with van der Waals surface area (Å²) < 4.78 is 0. The second kappa shape index (κ2) is 3.62. The van der Waals surface area contributed by atoms with Crippen molar-refractivity contribution in [1.82, 2.24) is 0 Å². The van der Waals surface area contributed by atoms with Crippen LogP contribution in [-0.2, 0) is 0 Å². The van der Waals surface area contributed by atoms with Gasteiger partial charge in [-0.05, 0) is 12.1 Å². The van der Waals surface area contributed by atoms with Gasteiger partial charge in [0.1, 0.15) is 0 Å². The molecule has 14 heavy (non-hydrogen) atoms. The lowest BCUT2D eigenvalue weighted by molar-refractivity contribution is 0.964. The van der Waals surface area contributed by atoms with Gasteiger partial charge in [0.15, 0.2) is 0 Å². The predicted molar refractivity (Wildman–Crippen MR) is 65.3 cm³/mol. The van der Waals surface area contributed by atoms with Gasteiger partial charge in [0.25, 0.3) is 0 Å². The van der Waals surface area contributed by atoms with E-state index in [-0.39, 0.29) is 0 Å². The van der Waals surface area contributed by atoms with Gasteiger partial charge in [-0.2, -0.15) is 0 Å². The monoisotopic (exact) mass is 203 g/mol. The van der Waals surface area contributed by atoms with Crippen LogP contribution in [-0.4, -0.2) is 20.8 Å². The topological polar surface area (TPSA) is 3.24 Å². The Kier molecular flexibility index (Phi) is 2.46. The fourth-order valence-corrected chi connectivity index (χ4v) is 4.09. The molecule has 1 aromatic carbocycles. The first-order chi connectivity index (χ1) is 6.67. The number of benzene rings is 1. The van der Waals surface area contributed by atoms with Crippen molar-refractivity contribution in [3.05, 3.63) is 42.1 Å². The van der Waals surface area contributed by atoms with Crippen LogP contribution >= 0.6 is 0 Å². The smallest absolute Gasteiger partial charge is 0.0924 e. The molecule has 1 nitrogen and oxygen atoms in total. The summed E-state index contributed by atoms with van der Waals surface area (Å²) >= 11 is 0. The van der Waals surface area contributed by atoms with Gasteiger partial charge in [0.2, 0.25) is 0 Å². The van der Waals surface area contributed by atoms with Crippen LogP contribution in [0.4, 0.5) is 5.69 Å². The van der Waals surface area contributed by atoms with Gasteiger partial charge in [0, 0.05) is 18.4 Å². The van der Waals surface area contributed by atoms with E-state index < -0.39 is 8.07 Å². The second-order valence-corrected chi connectivity index (χ2v) is 9.23. The van der Waals surface area contributed by atoms with Crippen LogP contribution in [0.3, 0.4) is 0 Å². The fraction of sp³-hybridized carbons (Fsp3) is 0.333. The lowest BCUT2D eigenvalue weighted by Gasteiger charge is -2.34. The Labute approximate surface area is 87.1 Å². The van der Waals surface area contributed by atoms with Crippen molar-refractivity contribution in [3.63, 3.8) is 0 Å². The van der Waals surface area contributed by atoms with E-state index in [1.54, 1.807) is 0 Å². The largest absolute Gasteiger partial charge is 0.370 e. The lowest BCUT2D eigenvalue weighted by Crippen LogP contribution is -2.44. The van der Waals surface area contributed by atoms with E-state index in [1.807, 2.05) is 0 Å². The number of anilines is 1. The van der Waals surface area contributed by atoms with Crippen LogP contribution in [0.15, 0.2) is 42.1 Å². The third-order valence-corrected chi connectivity index (χ3v) is 4.95. The average Bonchev–Trinajstić information content (AvgIpc) is 2.18. The van der Waals surface area contributed by atoms with Gasteiger partial charge in [-0.25, -0.2) is 0 Å². The third-order valence-electron chi connectivity index (χ3n) is 2.61. The molecule has 0 atom stereocenters. The Morgan fingerprint density at radius 3 is 2.50 bits per heavy atom. The molecule has 1 aliphatic heterocycles. The molecule has 0 fully saturated rings. The molecule has 0 saturated carbocycles. The van der Waals surface area contributed by atoms with E-state index in [0.717, 1.165) is 6.54 Å². The molecule has 2 rings (SSSR count). The number of rotatable bonds is 1. The summed E-state index contributed by atoms with van der Waals surface area (Å²) in [5.74, 6) is 0. The molecule has 2 heteroatoms. The number of para-hydroxylation sites is 1. The summed E-state index contributed by atoms with van der Waals surface area (Å²) in [6.07, 6.45) is 3.57. The normalized spacial score (nSPS) is 19.7. The SMILES string of the molecule is C[Si]1(C)C=CCN(c2ccccc2)C1. The third kappa shape index (κ3) is 2.07. The maximum Gasteiger partial charge on any atom is 0.0924 e. The maximum absolute atomic E-state index is 2.48. The van der Waals surface area contributed by atoms with Crippen LogP contribution < -0.4 is 4.90 Å². The molecule has 0 amide bonds. The molecule has 1 heterocycles. The minimum Gasteiger partial charge on any atom is -0.370 e. The quantitative estimate of drug-likeness (QED) is 0.634. The summed E-state index contributed by atoms with van der Waals surface area (Å²) in [5.41, 5.74) is 3.81. The Bertz CT molecular complexity index is 329. The molecule has 0 radical (unpaired) electrons. The van der Waals surface area contributed by atoms with Crippen LogP contribution in [0.25, 0.3) is 0 Å². The molecule has 0 unspecified atom stereocenters. The van der Waals surface area contributed by atoms with Gasteiger partial charge < -0.3 is 4.90 Å². The molecule has 0 aliphatic carbocycles. The Morgan fingerprint density at radius 1 is 1.14 bits per heavy atom. The van der Waals surface area contributed by atoms with Crippen LogP contribution in [0.5, 0.6) is 0 Å². The summed E-state index contributed by atoms with van der Waals surface area (Å²) in [6, 6.07) is 10.7. The van der Waals surface area contributed by atoms with E-state index >= 15 is 0 Å². The highest BCUT2D eigenvalue weighted by Crippen LogP contribution is 2.19. The molecule has 0 spiro atoms. The lowest BCUT2D eigenvalue weighted by atomic mass is 10.3. The van der Waals surface area contributed by atoms with Crippen molar-refractivity contribution in [2.45, 2.75) is 13.1 Å². The first kappa shape index (κ1) is 9.53. The predicted octanol–water partition coefficient (Wildman–Crippen LogP) is 2.85. The van der Waals surface area contributed by atoms with Gasteiger partial charge in [-0.1, -0.05) is 43.1 Å². The highest BCUT2D eigenvalue weighted by molar-refractivity contribution is 6.83. The minimum absolute atomic E-state index is 1.07. The van der Waals surface area contributed by atoms with Crippen molar-refractivity contribution in [2.24, 2.45) is 0 Å². The Balaban J connectivity index is 2.19. The van der Waals surface area contributed by atoms with Crippen LogP contribution in [0.2, 0.25) is 13.1 Å². The number of nitrogens with zero attached hydrogens (tertiary/aromatic N) is 1. The maximum atomic E-state index is 2.48. The Hall–Kier alpha value is -1.02. The molecule has 0 N–H and O–H groups in total. The van der Waals surface area contributed by atoms with Gasteiger partial charge >= 0.3 is 0 Å². The summed E-state index contributed by atoms with van der Waals surface area (Å²) in [5, 5.41) is 0. The summed E-state index contributed by atoms with van der Waals surface area (Å²) in [4.78, 5) is 2.48. The minimum atomic E-state index is -1.09. The first-order valence-electron chi connectivity index (χ1n) is 5.15. The number of hydrogen-bond acceptors (Lipinski definition) is 1. The number of hydrogen-bond donors (Lipinski definition) is 0. The highest BCUT2D eigenvalue weighted by Gasteiger charge is 2.23. The van der Waals surface area contributed by atoms with Crippen molar-refractivity contribution in [1.29, 1.82) is 0 Å². The summed E-state index contributed by atoms with van der Waals surface area (Å²) in [7, 11) is -1.09. The van der Waals surface area contributed by atoms with E-state index in [9.17, 15) is 0 Å². The van der Waals surface area contributed by atoms with Gasteiger partial charge in [0.05, 0.1) is 8.07 Å². The molecule has 1 aromatic rings. The molecule has 0 saturated heterocycles. The molecule has 1 aliphatic rings. The molecular formula is C12H17NSi. The zero-order valence-corrected chi connectivity index (χ0v) is 9.90. The first-order valence-corrected chi connectivity index (χ1v) is 8.44. The van der Waals surface area contributed by atoms with Crippen LogP contribution in [0.1, 0.15) is 0 Å². The second-order valence-electron chi connectivity index (χ2n) is 4.61. The van der Waals surface area contributed by atoms with Crippen molar-refractivity contribution in [3.8, 4) is 0 Å². The van der Waals surface area contributed by atoms with Crippen molar-refractivity contribution < 1.29 is 0 Å². The molecule has 0 bridgehead atoms. The molecule has 0 aromatic heterocycles. The van der Waals surface area contributed by atoms with E-state index in [4.69, 9.17) is 0 Å². The summed E-state index contributed by atoms with van der Waals surface area (Å²) in [6.45, 7) is 5.90.